The monoisotopic (exact) mass is 265 g/mol. The van der Waals surface area contributed by atoms with Gasteiger partial charge in [0.2, 0.25) is 0 Å². The second kappa shape index (κ2) is 6.72. The smallest absolute Gasteiger partial charge is 0.0386 e. The molecule has 1 heterocycles. The summed E-state index contributed by atoms with van der Waals surface area (Å²) in [6, 6.07) is 5.01. The van der Waals surface area contributed by atoms with Crippen molar-refractivity contribution >= 4 is 11.3 Å². The molecule has 2 heteroatoms. The standard InChI is InChI=1S/C16H27NS/c1-12-4-7-15(8-5-12)10-11-17-14(3)16-9-6-13(2)18-16/h6,9,12,14-15,17H,4-5,7-8,10-11H2,1-3H3. The molecule has 1 aliphatic rings. The Morgan fingerprint density at radius 2 is 2.00 bits per heavy atom. The topological polar surface area (TPSA) is 12.0 Å². The molecule has 1 saturated carbocycles. The van der Waals surface area contributed by atoms with E-state index in [0.29, 0.717) is 6.04 Å². The first kappa shape index (κ1) is 14.1. The number of thiophene rings is 1. The Balaban J connectivity index is 1.66. The van der Waals surface area contributed by atoms with Crippen LogP contribution < -0.4 is 5.32 Å². The average Bonchev–Trinajstić information content (AvgIpc) is 2.78. The van der Waals surface area contributed by atoms with Crippen molar-refractivity contribution in [1.29, 1.82) is 0 Å². The van der Waals surface area contributed by atoms with Gasteiger partial charge in [-0.15, -0.1) is 11.3 Å². The van der Waals surface area contributed by atoms with Crippen molar-refractivity contribution in [2.45, 2.75) is 58.9 Å². The number of hydrogen-bond acceptors (Lipinski definition) is 2. The Hall–Kier alpha value is -0.340. The van der Waals surface area contributed by atoms with Gasteiger partial charge >= 0.3 is 0 Å². The zero-order valence-electron chi connectivity index (χ0n) is 12.0. The van der Waals surface area contributed by atoms with Gasteiger partial charge < -0.3 is 5.32 Å². The van der Waals surface area contributed by atoms with Crippen molar-refractivity contribution in [3.05, 3.63) is 21.9 Å². The Kier molecular flexibility index (Phi) is 5.25. The molecule has 0 amide bonds. The molecule has 0 spiro atoms. The third kappa shape index (κ3) is 4.10. The molecule has 1 nitrogen and oxygen atoms in total. The number of aryl methyl sites for hydroxylation is 1. The summed E-state index contributed by atoms with van der Waals surface area (Å²) in [6.45, 7) is 8.05. The van der Waals surface area contributed by atoms with Gasteiger partial charge in [-0.25, -0.2) is 0 Å². The first-order valence-electron chi connectivity index (χ1n) is 7.45. The molecule has 0 aromatic carbocycles. The average molecular weight is 265 g/mol. The second-order valence-corrected chi connectivity index (χ2v) is 7.36. The highest BCUT2D eigenvalue weighted by atomic mass is 32.1. The fraction of sp³-hybridized carbons (Fsp3) is 0.750. The molecule has 1 fully saturated rings. The van der Waals surface area contributed by atoms with E-state index in [4.69, 9.17) is 0 Å². The van der Waals surface area contributed by atoms with Crippen LogP contribution >= 0.6 is 11.3 Å². The summed E-state index contributed by atoms with van der Waals surface area (Å²) >= 11 is 1.92. The lowest BCUT2D eigenvalue weighted by Gasteiger charge is -2.26. The van der Waals surface area contributed by atoms with Gasteiger partial charge in [-0.3, -0.25) is 0 Å². The van der Waals surface area contributed by atoms with E-state index in [1.807, 2.05) is 11.3 Å². The van der Waals surface area contributed by atoms with Crippen molar-refractivity contribution < 1.29 is 0 Å². The molecular weight excluding hydrogens is 238 g/mol. The van der Waals surface area contributed by atoms with Gasteiger partial charge in [-0.05, 0) is 50.8 Å². The van der Waals surface area contributed by atoms with Gasteiger partial charge in [0.05, 0.1) is 0 Å². The van der Waals surface area contributed by atoms with Gasteiger partial charge in [0.15, 0.2) is 0 Å². The molecule has 0 bridgehead atoms. The van der Waals surface area contributed by atoms with Gasteiger partial charge in [-0.1, -0.05) is 32.6 Å². The van der Waals surface area contributed by atoms with E-state index >= 15 is 0 Å². The Labute approximate surface area is 116 Å². The first-order valence-corrected chi connectivity index (χ1v) is 8.26. The maximum absolute atomic E-state index is 3.68. The fourth-order valence-corrected chi connectivity index (χ4v) is 3.81. The molecule has 2 rings (SSSR count). The zero-order valence-corrected chi connectivity index (χ0v) is 12.9. The van der Waals surface area contributed by atoms with Gasteiger partial charge in [0, 0.05) is 15.8 Å². The van der Waals surface area contributed by atoms with E-state index in [2.05, 4.69) is 38.2 Å². The second-order valence-electron chi connectivity index (χ2n) is 6.04. The Morgan fingerprint density at radius 3 is 2.61 bits per heavy atom. The van der Waals surface area contributed by atoms with E-state index in [1.165, 1.54) is 48.4 Å². The molecule has 102 valence electrons. The maximum atomic E-state index is 3.68. The van der Waals surface area contributed by atoms with Crippen LogP contribution in [0.4, 0.5) is 0 Å². The summed E-state index contributed by atoms with van der Waals surface area (Å²) in [7, 11) is 0. The van der Waals surface area contributed by atoms with Gasteiger partial charge in [0.25, 0.3) is 0 Å². The predicted molar refractivity (Wildman–Crippen MR) is 81.2 cm³/mol. The van der Waals surface area contributed by atoms with Crippen LogP contribution in [0.2, 0.25) is 0 Å². The summed E-state index contributed by atoms with van der Waals surface area (Å²) in [4.78, 5) is 2.89. The fourth-order valence-electron chi connectivity index (χ4n) is 2.91. The summed E-state index contributed by atoms with van der Waals surface area (Å²) in [6.07, 6.45) is 7.17. The van der Waals surface area contributed by atoms with Crippen LogP contribution in [0.25, 0.3) is 0 Å². The minimum Gasteiger partial charge on any atom is -0.309 e. The molecule has 1 unspecified atom stereocenters. The van der Waals surface area contributed by atoms with Crippen LogP contribution in [-0.4, -0.2) is 6.54 Å². The van der Waals surface area contributed by atoms with Gasteiger partial charge in [-0.2, -0.15) is 0 Å². The molecular formula is C16H27NS. The van der Waals surface area contributed by atoms with E-state index in [1.54, 1.807) is 0 Å². The highest BCUT2D eigenvalue weighted by Crippen LogP contribution is 2.30. The SMILES string of the molecule is Cc1ccc(C(C)NCCC2CCC(C)CC2)s1. The lowest BCUT2D eigenvalue weighted by atomic mass is 9.81. The van der Waals surface area contributed by atoms with E-state index in [0.717, 1.165) is 11.8 Å². The highest BCUT2D eigenvalue weighted by Gasteiger charge is 2.18. The molecule has 1 aromatic heterocycles. The van der Waals surface area contributed by atoms with Crippen molar-refractivity contribution in [2.24, 2.45) is 11.8 Å². The molecule has 1 N–H and O–H groups in total. The van der Waals surface area contributed by atoms with E-state index in [-0.39, 0.29) is 0 Å². The van der Waals surface area contributed by atoms with E-state index < -0.39 is 0 Å². The van der Waals surface area contributed by atoms with Crippen molar-refractivity contribution in [1.82, 2.24) is 5.32 Å². The normalized spacial score (nSPS) is 26.2. The number of nitrogens with one attached hydrogen (secondary N) is 1. The quantitative estimate of drug-likeness (QED) is 0.796. The third-order valence-electron chi connectivity index (χ3n) is 4.33. The summed E-state index contributed by atoms with van der Waals surface area (Å²) in [5.41, 5.74) is 0. The summed E-state index contributed by atoms with van der Waals surface area (Å²) in [5.74, 6) is 1.95. The Morgan fingerprint density at radius 1 is 1.28 bits per heavy atom. The molecule has 18 heavy (non-hydrogen) atoms. The van der Waals surface area contributed by atoms with Crippen molar-refractivity contribution in [2.75, 3.05) is 6.54 Å². The van der Waals surface area contributed by atoms with Gasteiger partial charge in [0.1, 0.15) is 0 Å². The largest absolute Gasteiger partial charge is 0.309 e. The minimum absolute atomic E-state index is 0.520. The van der Waals surface area contributed by atoms with Crippen LogP contribution in [0.15, 0.2) is 12.1 Å². The Bertz CT molecular complexity index is 350. The highest BCUT2D eigenvalue weighted by molar-refractivity contribution is 7.12. The molecule has 0 aliphatic heterocycles. The lowest BCUT2D eigenvalue weighted by Crippen LogP contribution is -2.23. The minimum atomic E-state index is 0.520. The lowest BCUT2D eigenvalue weighted by molar-refractivity contribution is 0.273. The number of hydrogen-bond donors (Lipinski definition) is 1. The molecule has 1 aromatic rings. The van der Waals surface area contributed by atoms with Crippen LogP contribution in [0.1, 0.15) is 61.7 Å². The predicted octanol–water partition coefficient (Wildman–Crippen LogP) is 4.92. The van der Waals surface area contributed by atoms with Crippen LogP contribution in [-0.2, 0) is 0 Å². The van der Waals surface area contributed by atoms with Crippen LogP contribution in [0.3, 0.4) is 0 Å². The number of rotatable bonds is 5. The third-order valence-corrected chi connectivity index (χ3v) is 5.51. The van der Waals surface area contributed by atoms with E-state index in [9.17, 15) is 0 Å². The van der Waals surface area contributed by atoms with Crippen molar-refractivity contribution in [3.63, 3.8) is 0 Å². The maximum Gasteiger partial charge on any atom is 0.0386 e. The first-order chi connectivity index (χ1) is 8.65. The van der Waals surface area contributed by atoms with Crippen LogP contribution in [0, 0.1) is 18.8 Å². The summed E-state index contributed by atoms with van der Waals surface area (Å²) < 4.78 is 0. The van der Waals surface area contributed by atoms with Crippen molar-refractivity contribution in [3.8, 4) is 0 Å². The molecule has 1 atom stereocenters. The molecule has 0 radical (unpaired) electrons. The summed E-state index contributed by atoms with van der Waals surface area (Å²) in [5, 5.41) is 3.68. The molecule has 1 aliphatic carbocycles. The molecule has 0 saturated heterocycles. The zero-order chi connectivity index (χ0) is 13.0. The van der Waals surface area contributed by atoms with Crippen LogP contribution in [0.5, 0.6) is 0 Å².